The second kappa shape index (κ2) is 6.40. The van der Waals surface area contributed by atoms with Gasteiger partial charge in [0.2, 0.25) is 5.88 Å². The van der Waals surface area contributed by atoms with Crippen LogP contribution in [0.1, 0.15) is 23.8 Å². The molecule has 29 heavy (non-hydrogen) atoms. The molecule has 0 bridgehead atoms. The average molecular weight is 392 g/mol. The Morgan fingerprint density at radius 2 is 1.76 bits per heavy atom. The van der Waals surface area contributed by atoms with E-state index < -0.39 is 6.29 Å². The van der Waals surface area contributed by atoms with Crippen LogP contribution in [0.4, 0.5) is 5.69 Å². The van der Waals surface area contributed by atoms with E-state index in [0.29, 0.717) is 53.7 Å². The number of fused-ring (bicyclic) bond motifs is 3. The molecule has 146 valence electrons. The van der Waals surface area contributed by atoms with Gasteiger partial charge in [0, 0.05) is 12.7 Å². The highest BCUT2D eigenvalue weighted by Gasteiger charge is 2.32. The zero-order valence-electron chi connectivity index (χ0n) is 15.2. The van der Waals surface area contributed by atoms with Gasteiger partial charge in [0.15, 0.2) is 17.6 Å². The molecule has 9 heteroatoms. The molecule has 0 fully saturated rings. The lowest BCUT2D eigenvalue weighted by atomic mass is 10.2. The topological polar surface area (TPSA) is 96.9 Å². The van der Waals surface area contributed by atoms with E-state index in [4.69, 9.17) is 23.7 Å². The van der Waals surface area contributed by atoms with Crippen molar-refractivity contribution >= 4 is 5.69 Å². The van der Waals surface area contributed by atoms with Gasteiger partial charge in [-0.25, -0.2) is 15.0 Å². The van der Waals surface area contributed by atoms with Crippen LogP contribution in [0.15, 0.2) is 42.6 Å². The molecule has 3 aromatic heterocycles. The minimum absolute atomic E-state index is 0.339. The summed E-state index contributed by atoms with van der Waals surface area (Å²) in [6.45, 7) is 1.67. The van der Waals surface area contributed by atoms with Crippen LogP contribution in [0.2, 0.25) is 0 Å². The zero-order chi connectivity index (χ0) is 19.2. The predicted molar refractivity (Wildman–Crippen MR) is 99.6 cm³/mol. The number of pyridine rings is 3. The maximum absolute atomic E-state index is 5.92. The Balaban J connectivity index is 1.23. The molecular formula is C20H16N4O5. The molecule has 0 aliphatic carbocycles. The van der Waals surface area contributed by atoms with Crippen LogP contribution in [0.25, 0.3) is 0 Å². The van der Waals surface area contributed by atoms with Crippen molar-refractivity contribution in [3.63, 3.8) is 0 Å². The highest BCUT2D eigenvalue weighted by Crippen LogP contribution is 2.41. The average Bonchev–Trinajstić information content (AvgIpc) is 3.22. The van der Waals surface area contributed by atoms with E-state index in [0.717, 1.165) is 12.2 Å². The SMILES string of the molecule is c1cnc2c(c1)OCC(c1ccc3c(n1)OC(c1ccc4c(n1)OCCN4)O3)O2. The van der Waals surface area contributed by atoms with E-state index in [9.17, 15) is 0 Å². The van der Waals surface area contributed by atoms with E-state index in [1.165, 1.54) is 0 Å². The largest absolute Gasteiger partial charge is 0.484 e. The molecule has 3 aliphatic heterocycles. The number of hydrogen-bond donors (Lipinski definition) is 1. The first-order valence-corrected chi connectivity index (χ1v) is 9.30. The number of hydrogen-bond acceptors (Lipinski definition) is 9. The van der Waals surface area contributed by atoms with E-state index >= 15 is 0 Å². The van der Waals surface area contributed by atoms with E-state index in [1.54, 1.807) is 12.3 Å². The third-order valence-electron chi connectivity index (χ3n) is 4.79. The molecule has 0 saturated heterocycles. The molecule has 6 rings (SSSR count). The lowest BCUT2D eigenvalue weighted by molar-refractivity contribution is 0.0413. The molecule has 0 spiro atoms. The second-order valence-electron chi connectivity index (χ2n) is 6.70. The van der Waals surface area contributed by atoms with Gasteiger partial charge in [-0.05, 0) is 36.4 Å². The second-order valence-corrected chi connectivity index (χ2v) is 6.70. The molecule has 2 atom stereocenters. The standard InChI is InChI=1S/C20H16N4O5/c1-2-14-18(22-7-1)27-16(10-26-14)11-5-6-15-19(23-11)29-20(28-15)13-4-3-12-17(24-13)25-9-8-21-12/h1-7,16,20-21H,8-10H2. The van der Waals surface area contributed by atoms with E-state index in [-0.39, 0.29) is 6.10 Å². The number of nitrogens with zero attached hydrogens (tertiary/aromatic N) is 3. The van der Waals surface area contributed by atoms with Crippen molar-refractivity contribution in [1.29, 1.82) is 0 Å². The van der Waals surface area contributed by atoms with Crippen LogP contribution in [-0.2, 0) is 0 Å². The molecule has 0 amide bonds. The number of nitrogens with one attached hydrogen (secondary N) is 1. The fourth-order valence-corrected chi connectivity index (χ4v) is 3.38. The first-order chi connectivity index (χ1) is 14.3. The van der Waals surface area contributed by atoms with Crippen molar-refractivity contribution < 1.29 is 23.7 Å². The maximum atomic E-state index is 5.92. The van der Waals surface area contributed by atoms with Gasteiger partial charge < -0.3 is 29.0 Å². The van der Waals surface area contributed by atoms with Crippen molar-refractivity contribution in [2.45, 2.75) is 12.4 Å². The third-order valence-corrected chi connectivity index (χ3v) is 4.79. The fraction of sp³-hybridized carbons (Fsp3) is 0.250. The van der Waals surface area contributed by atoms with Crippen LogP contribution in [0.5, 0.6) is 29.1 Å². The molecule has 0 aromatic carbocycles. The smallest absolute Gasteiger partial charge is 0.286 e. The minimum Gasteiger partial charge on any atom is -0.484 e. The highest BCUT2D eigenvalue weighted by atomic mass is 16.7. The molecule has 2 unspecified atom stereocenters. The van der Waals surface area contributed by atoms with Crippen LogP contribution in [0, 0.1) is 0 Å². The lowest BCUT2D eigenvalue weighted by Crippen LogP contribution is -2.23. The van der Waals surface area contributed by atoms with Gasteiger partial charge in [0.05, 0.1) is 11.4 Å². The van der Waals surface area contributed by atoms with E-state index in [2.05, 4.69) is 20.3 Å². The summed E-state index contributed by atoms with van der Waals surface area (Å²) in [6, 6.07) is 11.0. The van der Waals surface area contributed by atoms with Crippen LogP contribution >= 0.6 is 0 Å². The van der Waals surface area contributed by atoms with Crippen LogP contribution < -0.4 is 29.0 Å². The Morgan fingerprint density at radius 3 is 2.76 bits per heavy atom. The quantitative estimate of drug-likeness (QED) is 0.706. The first-order valence-electron chi connectivity index (χ1n) is 9.30. The monoisotopic (exact) mass is 392 g/mol. The van der Waals surface area contributed by atoms with Crippen molar-refractivity contribution in [2.75, 3.05) is 25.1 Å². The maximum Gasteiger partial charge on any atom is 0.286 e. The Hall–Kier alpha value is -3.75. The minimum atomic E-state index is -0.686. The first kappa shape index (κ1) is 16.2. The summed E-state index contributed by atoms with van der Waals surface area (Å²) in [5, 5.41) is 3.24. The number of rotatable bonds is 2. The van der Waals surface area contributed by atoms with Crippen LogP contribution in [0.3, 0.4) is 0 Å². The lowest BCUT2D eigenvalue weighted by Gasteiger charge is -2.24. The molecule has 9 nitrogen and oxygen atoms in total. The van der Waals surface area contributed by atoms with Gasteiger partial charge in [-0.1, -0.05) is 0 Å². The van der Waals surface area contributed by atoms with E-state index in [1.807, 2.05) is 30.3 Å². The van der Waals surface area contributed by atoms with Crippen molar-refractivity contribution in [1.82, 2.24) is 15.0 Å². The Kier molecular flexibility index (Phi) is 3.58. The Morgan fingerprint density at radius 1 is 0.828 bits per heavy atom. The fourth-order valence-electron chi connectivity index (χ4n) is 3.38. The van der Waals surface area contributed by atoms with Gasteiger partial charge in [0.25, 0.3) is 18.1 Å². The van der Waals surface area contributed by atoms with Crippen LogP contribution in [-0.4, -0.2) is 34.7 Å². The van der Waals surface area contributed by atoms with Gasteiger partial charge in [-0.3, -0.25) is 0 Å². The summed E-state index contributed by atoms with van der Waals surface area (Å²) in [5.74, 6) is 2.56. The molecule has 0 saturated carbocycles. The number of aromatic nitrogens is 3. The Labute approximate surface area is 165 Å². The molecule has 3 aromatic rings. The van der Waals surface area contributed by atoms with Gasteiger partial charge in [-0.15, -0.1) is 0 Å². The summed E-state index contributed by atoms with van der Waals surface area (Å²) in [7, 11) is 0. The van der Waals surface area contributed by atoms with Gasteiger partial charge in [-0.2, -0.15) is 0 Å². The Bertz CT molecular complexity index is 1090. The third kappa shape index (κ3) is 2.82. The van der Waals surface area contributed by atoms with Crippen molar-refractivity contribution in [3.8, 4) is 29.1 Å². The summed E-state index contributed by atoms with van der Waals surface area (Å²) in [4.78, 5) is 13.3. The molecule has 0 radical (unpaired) electrons. The van der Waals surface area contributed by atoms with Gasteiger partial charge >= 0.3 is 0 Å². The van der Waals surface area contributed by atoms with Crippen molar-refractivity contribution in [2.24, 2.45) is 0 Å². The molecule has 3 aliphatic rings. The summed E-state index contributed by atoms with van der Waals surface area (Å²) >= 11 is 0. The van der Waals surface area contributed by atoms with Crippen molar-refractivity contribution in [3.05, 3.63) is 54.0 Å². The highest BCUT2D eigenvalue weighted by molar-refractivity contribution is 5.54. The summed E-state index contributed by atoms with van der Waals surface area (Å²) < 4.78 is 29.0. The molecular weight excluding hydrogens is 376 g/mol. The molecule has 6 heterocycles. The summed E-state index contributed by atoms with van der Waals surface area (Å²) in [5.41, 5.74) is 2.15. The zero-order valence-corrected chi connectivity index (χ0v) is 15.2. The summed E-state index contributed by atoms with van der Waals surface area (Å²) in [6.07, 6.45) is 0.591. The number of ether oxygens (including phenoxy) is 5. The number of anilines is 1. The normalized spacial score (nSPS) is 21.0. The van der Waals surface area contributed by atoms with Gasteiger partial charge in [0.1, 0.15) is 18.9 Å². The molecule has 1 N–H and O–H groups in total. The predicted octanol–water partition coefficient (Wildman–Crippen LogP) is 2.66.